The fraction of sp³-hybridized carbons (Fsp3) is 0.500. The van der Waals surface area contributed by atoms with E-state index in [0.29, 0.717) is 12.5 Å². The minimum atomic E-state index is -0.758. The molecular formula is C14H17NO3. The fourth-order valence-electron chi connectivity index (χ4n) is 2.36. The van der Waals surface area contributed by atoms with Gasteiger partial charge in [-0.2, -0.15) is 0 Å². The summed E-state index contributed by atoms with van der Waals surface area (Å²) in [6, 6.07) is 7.75. The van der Waals surface area contributed by atoms with Crippen LogP contribution in [0.15, 0.2) is 24.3 Å². The van der Waals surface area contributed by atoms with Gasteiger partial charge in [0.25, 0.3) is 0 Å². The van der Waals surface area contributed by atoms with E-state index in [-0.39, 0.29) is 6.04 Å². The van der Waals surface area contributed by atoms with Crippen molar-refractivity contribution in [3.8, 4) is 5.75 Å². The average molecular weight is 247 g/mol. The lowest BCUT2D eigenvalue weighted by Gasteiger charge is -2.13. The van der Waals surface area contributed by atoms with Crippen molar-refractivity contribution in [3.63, 3.8) is 0 Å². The number of ether oxygens (including phenoxy) is 1. The molecule has 4 heteroatoms. The number of hydrogen-bond donors (Lipinski definition) is 2. The summed E-state index contributed by atoms with van der Waals surface area (Å²) in [5, 5.41) is 12.1. The first-order valence-electron chi connectivity index (χ1n) is 6.48. The maximum atomic E-state index is 10.9. The molecule has 2 atom stereocenters. The maximum absolute atomic E-state index is 10.9. The van der Waals surface area contributed by atoms with Crippen LogP contribution in [0.3, 0.4) is 0 Å². The predicted molar refractivity (Wildman–Crippen MR) is 66.6 cm³/mol. The molecular weight excluding hydrogens is 230 g/mol. The number of carbonyl (C=O) groups is 1. The van der Waals surface area contributed by atoms with Gasteiger partial charge in [0.2, 0.25) is 0 Å². The van der Waals surface area contributed by atoms with E-state index in [9.17, 15) is 4.79 Å². The molecule has 3 rings (SSSR count). The number of carboxylic acid groups (broad SMARTS) is 1. The van der Waals surface area contributed by atoms with Crippen molar-refractivity contribution in [1.29, 1.82) is 0 Å². The van der Waals surface area contributed by atoms with Crippen LogP contribution in [0.4, 0.5) is 0 Å². The third-order valence-electron chi connectivity index (χ3n) is 3.55. The van der Waals surface area contributed by atoms with Crippen LogP contribution in [-0.4, -0.2) is 23.2 Å². The zero-order valence-corrected chi connectivity index (χ0v) is 10.1. The second-order valence-electron chi connectivity index (χ2n) is 5.07. The first-order valence-corrected chi connectivity index (χ1v) is 6.48. The average Bonchev–Trinajstić information content (AvgIpc) is 3.04. The van der Waals surface area contributed by atoms with Gasteiger partial charge in [0.05, 0.1) is 6.10 Å². The van der Waals surface area contributed by atoms with Gasteiger partial charge in [0, 0.05) is 6.04 Å². The molecule has 1 aromatic carbocycles. The van der Waals surface area contributed by atoms with Crippen molar-refractivity contribution in [3.05, 3.63) is 29.8 Å². The largest absolute Gasteiger partial charge is 0.490 e. The molecule has 2 N–H and O–H groups in total. The summed E-state index contributed by atoms with van der Waals surface area (Å²) in [7, 11) is 0. The Morgan fingerprint density at radius 2 is 1.89 bits per heavy atom. The zero-order valence-electron chi connectivity index (χ0n) is 10.1. The van der Waals surface area contributed by atoms with E-state index in [1.165, 1.54) is 0 Å². The highest BCUT2D eigenvalue weighted by Crippen LogP contribution is 2.30. The topological polar surface area (TPSA) is 58.6 Å². The van der Waals surface area contributed by atoms with Crippen molar-refractivity contribution in [2.24, 2.45) is 0 Å². The van der Waals surface area contributed by atoms with Crippen LogP contribution in [0.5, 0.6) is 5.75 Å². The minimum absolute atomic E-state index is 0.154. The highest BCUT2D eigenvalue weighted by atomic mass is 16.5. The Bertz CT molecular complexity index is 439. The van der Waals surface area contributed by atoms with E-state index in [1.54, 1.807) is 0 Å². The van der Waals surface area contributed by atoms with E-state index in [1.807, 2.05) is 24.3 Å². The first kappa shape index (κ1) is 11.5. The molecule has 1 aromatic rings. The van der Waals surface area contributed by atoms with E-state index < -0.39 is 12.0 Å². The van der Waals surface area contributed by atoms with Gasteiger partial charge in [-0.25, -0.2) is 0 Å². The molecule has 1 aliphatic carbocycles. The molecule has 1 saturated carbocycles. The smallest absolute Gasteiger partial charge is 0.320 e. The van der Waals surface area contributed by atoms with Crippen molar-refractivity contribution in [2.75, 3.05) is 0 Å². The molecule has 1 heterocycles. The third-order valence-corrected chi connectivity index (χ3v) is 3.55. The van der Waals surface area contributed by atoms with Crippen LogP contribution >= 0.6 is 0 Å². The Labute approximate surface area is 106 Å². The van der Waals surface area contributed by atoms with Crippen LogP contribution in [0, 0.1) is 0 Å². The third kappa shape index (κ3) is 2.48. The highest BCUT2D eigenvalue weighted by molar-refractivity contribution is 5.73. The number of nitrogens with one attached hydrogen (secondary N) is 1. The summed E-state index contributed by atoms with van der Waals surface area (Å²) in [6.07, 6.45) is 4.30. The van der Waals surface area contributed by atoms with Crippen LogP contribution in [0.1, 0.15) is 37.3 Å². The van der Waals surface area contributed by atoms with E-state index in [2.05, 4.69) is 5.32 Å². The lowest BCUT2D eigenvalue weighted by atomic mass is 10.1. The monoisotopic (exact) mass is 247 g/mol. The Morgan fingerprint density at radius 3 is 2.44 bits per heavy atom. The number of rotatable bonds is 4. The van der Waals surface area contributed by atoms with E-state index in [4.69, 9.17) is 9.84 Å². The molecule has 0 aromatic heterocycles. The van der Waals surface area contributed by atoms with Gasteiger partial charge in [-0.15, -0.1) is 0 Å². The summed E-state index contributed by atoms with van der Waals surface area (Å²) in [6.45, 7) is 0. The van der Waals surface area contributed by atoms with Crippen LogP contribution in [0.2, 0.25) is 0 Å². The highest BCUT2D eigenvalue weighted by Gasteiger charge is 2.29. The van der Waals surface area contributed by atoms with Gasteiger partial charge >= 0.3 is 5.97 Å². The molecule has 0 spiro atoms. The molecule has 96 valence electrons. The molecule has 0 amide bonds. The normalized spacial score (nSPS) is 27.1. The van der Waals surface area contributed by atoms with Gasteiger partial charge < -0.3 is 9.84 Å². The first-order chi connectivity index (χ1) is 8.72. The summed E-state index contributed by atoms with van der Waals surface area (Å²) < 4.78 is 5.69. The number of carboxylic acids is 1. The van der Waals surface area contributed by atoms with Crippen molar-refractivity contribution >= 4 is 5.97 Å². The number of aliphatic carboxylic acids is 1. The minimum Gasteiger partial charge on any atom is -0.490 e. The molecule has 2 fully saturated rings. The van der Waals surface area contributed by atoms with Crippen molar-refractivity contribution in [2.45, 2.75) is 43.9 Å². The molecule has 0 radical (unpaired) electrons. The Hall–Kier alpha value is -1.55. The van der Waals surface area contributed by atoms with E-state index >= 15 is 0 Å². The van der Waals surface area contributed by atoms with Gasteiger partial charge in [-0.3, -0.25) is 10.1 Å². The van der Waals surface area contributed by atoms with Crippen molar-refractivity contribution < 1.29 is 14.6 Å². The van der Waals surface area contributed by atoms with Crippen LogP contribution in [0.25, 0.3) is 0 Å². The van der Waals surface area contributed by atoms with E-state index in [0.717, 1.165) is 30.6 Å². The van der Waals surface area contributed by atoms with Gasteiger partial charge in [-0.1, -0.05) is 12.1 Å². The SMILES string of the molecule is O=C(O)C1CCC(c2ccc(OC3CC3)cc2)N1. The zero-order chi connectivity index (χ0) is 12.5. The lowest BCUT2D eigenvalue weighted by Crippen LogP contribution is -2.31. The second-order valence-corrected chi connectivity index (χ2v) is 5.07. The fourth-order valence-corrected chi connectivity index (χ4v) is 2.36. The molecule has 2 unspecified atom stereocenters. The van der Waals surface area contributed by atoms with Gasteiger partial charge in [0.15, 0.2) is 0 Å². The molecule has 18 heavy (non-hydrogen) atoms. The summed E-state index contributed by atoms with van der Waals surface area (Å²) in [5.41, 5.74) is 1.14. The quantitative estimate of drug-likeness (QED) is 0.855. The van der Waals surface area contributed by atoms with Gasteiger partial charge in [-0.05, 0) is 43.4 Å². The molecule has 2 aliphatic rings. The molecule has 0 bridgehead atoms. The Kier molecular flexibility index (Phi) is 2.96. The molecule has 4 nitrogen and oxygen atoms in total. The predicted octanol–water partition coefficient (Wildman–Crippen LogP) is 2.11. The van der Waals surface area contributed by atoms with Crippen LogP contribution in [-0.2, 0) is 4.79 Å². The standard InChI is InChI=1S/C14H17NO3/c16-14(17)13-8-7-12(15-13)9-1-3-10(4-2-9)18-11-5-6-11/h1-4,11-13,15H,5-8H2,(H,16,17). The number of hydrogen-bond acceptors (Lipinski definition) is 3. The number of benzene rings is 1. The second kappa shape index (κ2) is 4.61. The molecule has 1 saturated heterocycles. The molecule has 1 aliphatic heterocycles. The van der Waals surface area contributed by atoms with Crippen LogP contribution < -0.4 is 10.1 Å². The van der Waals surface area contributed by atoms with Gasteiger partial charge in [0.1, 0.15) is 11.8 Å². The summed E-state index contributed by atoms with van der Waals surface area (Å²) in [4.78, 5) is 10.9. The summed E-state index contributed by atoms with van der Waals surface area (Å²) in [5.74, 6) is 0.153. The lowest BCUT2D eigenvalue weighted by molar-refractivity contribution is -0.139. The maximum Gasteiger partial charge on any atom is 0.320 e. The van der Waals surface area contributed by atoms with Crippen molar-refractivity contribution in [1.82, 2.24) is 5.32 Å². The summed E-state index contributed by atoms with van der Waals surface area (Å²) >= 11 is 0. The Balaban J connectivity index is 1.63. The Morgan fingerprint density at radius 1 is 1.17 bits per heavy atom.